The third-order valence-electron chi connectivity index (χ3n) is 4.35. The van der Waals surface area contributed by atoms with Gasteiger partial charge in [0.15, 0.2) is 0 Å². The van der Waals surface area contributed by atoms with Crippen LogP contribution < -0.4 is 11.1 Å². The van der Waals surface area contributed by atoms with Gasteiger partial charge < -0.3 is 15.8 Å². The number of carbonyl (C=O) groups excluding carboxylic acids is 1. The van der Waals surface area contributed by atoms with Crippen LogP contribution in [0.5, 0.6) is 0 Å². The van der Waals surface area contributed by atoms with Gasteiger partial charge in [0.2, 0.25) is 0 Å². The van der Waals surface area contributed by atoms with Crippen LogP contribution in [0.15, 0.2) is 18.2 Å². The molecule has 0 aliphatic heterocycles. The van der Waals surface area contributed by atoms with Crippen molar-refractivity contribution in [3.05, 3.63) is 23.8 Å². The highest BCUT2D eigenvalue weighted by Gasteiger charge is 2.30. The van der Waals surface area contributed by atoms with Crippen molar-refractivity contribution in [1.82, 2.24) is 0 Å². The minimum absolute atomic E-state index is 0.319. The molecule has 2 rings (SSSR count). The second-order valence-electron chi connectivity index (χ2n) is 5.69. The Labute approximate surface area is 120 Å². The van der Waals surface area contributed by atoms with Crippen LogP contribution in [0.4, 0.5) is 11.4 Å². The molecule has 0 radical (unpaired) electrons. The topological polar surface area (TPSA) is 64.3 Å². The Morgan fingerprint density at radius 1 is 1.40 bits per heavy atom. The standard InChI is InChI=1S/C16H24N2O2/c1-4-20-16(19)13-9-12(17)6-8-15(13)18-14-7-5-10(2)11(14)3/h6,8-11,14,18H,4-5,7,17H2,1-3H3. The molecule has 20 heavy (non-hydrogen) atoms. The van der Waals surface area contributed by atoms with Gasteiger partial charge >= 0.3 is 5.97 Å². The second-order valence-corrected chi connectivity index (χ2v) is 5.69. The largest absolute Gasteiger partial charge is 0.462 e. The maximum atomic E-state index is 12.0. The number of nitrogen functional groups attached to an aromatic ring is 1. The van der Waals surface area contributed by atoms with Crippen LogP contribution in [0, 0.1) is 11.8 Å². The van der Waals surface area contributed by atoms with Gasteiger partial charge in [0.1, 0.15) is 0 Å². The number of hydrogen-bond donors (Lipinski definition) is 2. The first-order valence-corrected chi connectivity index (χ1v) is 7.36. The van der Waals surface area contributed by atoms with Gasteiger partial charge in [-0.2, -0.15) is 0 Å². The molecule has 1 aliphatic carbocycles. The summed E-state index contributed by atoms with van der Waals surface area (Å²) >= 11 is 0. The van der Waals surface area contributed by atoms with Crippen LogP contribution in [0.2, 0.25) is 0 Å². The van der Waals surface area contributed by atoms with Gasteiger partial charge in [-0.1, -0.05) is 13.8 Å². The van der Waals surface area contributed by atoms with Gasteiger partial charge in [-0.05, 0) is 49.8 Å². The van der Waals surface area contributed by atoms with E-state index in [0.717, 1.165) is 12.1 Å². The fraction of sp³-hybridized carbons (Fsp3) is 0.562. The van der Waals surface area contributed by atoms with Crippen LogP contribution in [0.25, 0.3) is 0 Å². The van der Waals surface area contributed by atoms with E-state index in [-0.39, 0.29) is 5.97 Å². The fourth-order valence-corrected chi connectivity index (χ4v) is 2.83. The monoisotopic (exact) mass is 276 g/mol. The van der Waals surface area contributed by atoms with Crippen LogP contribution in [-0.4, -0.2) is 18.6 Å². The average molecular weight is 276 g/mol. The van der Waals surface area contributed by atoms with Gasteiger partial charge in [-0.25, -0.2) is 4.79 Å². The lowest BCUT2D eigenvalue weighted by molar-refractivity contribution is 0.0527. The highest BCUT2D eigenvalue weighted by molar-refractivity contribution is 5.96. The molecule has 0 amide bonds. The molecule has 4 heteroatoms. The Kier molecular flexibility index (Phi) is 4.53. The van der Waals surface area contributed by atoms with Crippen LogP contribution in [-0.2, 0) is 4.74 Å². The minimum atomic E-state index is -0.319. The molecule has 110 valence electrons. The van der Waals surface area contributed by atoms with Crippen molar-refractivity contribution in [2.24, 2.45) is 11.8 Å². The van der Waals surface area contributed by atoms with E-state index in [1.807, 2.05) is 12.1 Å². The first kappa shape index (κ1) is 14.7. The number of anilines is 2. The Morgan fingerprint density at radius 3 is 2.75 bits per heavy atom. The molecule has 4 nitrogen and oxygen atoms in total. The molecule has 0 aromatic heterocycles. The number of nitrogens with one attached hydrogen (secondary N) is 1. The normalized spacial score (nSPS) is 25.4. The lowest BCUT2D eigenvalue weighted by atomic mass is 9.97. The summed E-state index contributed by atoms with van der Waals surface area (Å²) in [4.78, 5) is 12.0. The zero-order valence-electron chi connectivity index (χ0n) is 12.5. The lowest BCUT2D eigenvalue weighted by Gasteiger charge is -2.22. The molecule has 1 fully saturated rings. The summed E-state index contributed by atoms with van der Waals surface area (Å²) in [5.41, 5.74) is 7.71. The molecule has 1 aromatic carbocycles. The summed E-state index contributed by atoms with van der Waals surface area (Å²) in [5, 5.41) is 3.50. The van der Waals surface area contributed by atoms with Gasteiger partial charge in [0.25, 0.3) is 0 Å². The number of ether oxygens (including phenoxy) is 1. The van der Waals surface area contributed by atoms with Gasteiger partial charge in [-0.15, -0.1) is 0 Å². The molecular weight excluding hydrogens is 252 g/mol. The summed E-state index contributed by atoms with van der Waals surface area (Å²) in [5.74, 6) is 0.996. The lowest BCUT2D eigenvalue weighted by Crippen LogP contribution is -2.25. The van der Waals surface area contributed by atoms with Crippen molar-refractivity contribution in [2.45, 2.75) is 39.7 Å². The third kappa shape index (κ3) is 3.06. The first-order valence-electron chi connectivity index (χ1n) is 7.36. The van der Waals surface area contributed by atoms with Crippen molar-refractivity contribution in [1.29, 1.82) is 0 Å². The van der Waals surface area contributed by atoms with Crippen LogP contribution in [0.3, 0.4) is 0 Å². The van der Waals surface area contributed by atoms with Crippen LogP contribution in [0.1, 0.15) is 44.0 Å². The fourth-order valence-electron chi connectivity index (χ4n) is 2.83. The molecule has 0 spiro atoms. The smallest absolute Gasteiger partial charge is 0.340 e. The first-order chi connectivity index (χ1) is 9.52. The van der Waals surface area contributed by atoms with E-state index in [0.29, 0.717) is 35.7 Å². The maximum Gasteiger partial charge on any atom is 0.340 e. The van der Waals surface area contributed by atoms with E-state index >= 15 is 0 Å². The van der Waals surface area contributed by atoms with Gasteiger partial charge in [0, 0.05) is 17.4 Å². The maximum absolute atomic E-state index is 12.0. The SMILES string of the molecule is CCOC(=O)c1cc(N)ccc1NC1CCC(C)C1C. The van der Waals surface area contributed by atoms with E-state index in [1.54, 1.807) is 13.0 Å². The number of carbonyl (C=O) groups is 1. The Bertz CT molecular complexity index is 487. The molecule has 3 N–H and O–H groups in total. The second kappa shape index (κ2) is 6.16. The Morgan fingerprint density at radius 2 is 2.15 bits per heavy atom. The summed E-state index contributed by atoms with van der Waals surface area (Å²) in [6, 6.07) is 5.77. The van der Waals surface area contributed by atoms with E-state index in [1.165, 1.54) is 6.42 Å². The zero-order chi connectivity index (χ0) is 14.7. The number of rotatable bonds is 4. The molecule has 3 unspecified atom stereocenters. The summed E-state index contributed by atoms with van der Waals surface area (Å²) < 4.78 is 5.10. The van der Waals surface area contributed by atoms with Gasteiger partial charge in [0.05, 0.1) is 12.2 Å². The molecule has 3 atom stereocenters. The van der Waals surface area contributed by atoms with Crippen molar-refractivity contribution >= 4 is 17.3 Å². The number of benzene rings is 1. The zero-order valence-corrected chi connectivity index (χ0v) is 12.5. The number of esters is 1. The summed E-state index contributed by atoms with van der Waals surface area (Å²) in [6.07, 6.45) is 2.36. The van der Waals surface area contributed by atoms with Crippen molar-refractivity contribution in [2.75, 3.05) is 17.7 Å². The molecule has 0 heterocycles. The van der Waals surface area contributed by atoms with Gasteiger partial charge in [-0.3, -0.25) is 0 Å². The predicted molar refractivity (Wildman–Crippen MR) is 81.8 cm³/mol. The molecular formula is C16H24N2O2. The summed E-state index contributed by atoms with van der Waals surface area (Å²) in [6.45, 7) is 6.71. The van der Waals surface area contributed by atoms with E-state index < -0.39 is 0 Å². The molecule has 1 aromatic rings. The number of nitrogens with two attached hydrogens (primary N) is 1. The van der Waals surface area contributed by atoms with Crippen molar-refractivity contribution < 1.29 is 9.53 Å². The Hall–Kier alpha value is -1.71. The van der Waals surface area contributed by atoms with Crippen LogP contribution >= 0.6 is 0 Å². The average Bonchev–Trinajstić information content (AvgIpc) is 2.73. The highest BCUT2D eigenvalue weighted by Crippen LogP contribution is 2.34. The number of hydrogen-bond acceptors (Lipinski definition) is 4. The molecule has 1 aliphatic rings. The highest BCUT2D eigenvalue weighted by atomic mass is 16.5. The molecule has 0 saturated heterocycles. The minimum Gasteiger partial charge on any atom is -0.462 e. The van der Waals surface area contributed by atoms with Crippen molar-refractivity contribution in [3.63, 3.8) is 0 Å². The van der Waals surface area contributed by atoms with E-state index in [4.69, 9.17) is 10.5 Å². The van der Waals surface area contributed by atoms with E-state index in [2.05, 4.69) is 19.2 Å². The molecule has 1 saturated carbocycles. The molecule has 0 bridgehead atoms. The third-order valence-corrected chi connectivity index (χ3v) is 4.35. The Balaban J connectivity index is 2.21. The van der Waals surface area contributed by atoms with E-state index in [9.17, 15) is 4.79 Å². The predicted octanol–water partition coefficient (Wildman–Crippen LogP) is 3.29. The van der Waals surface area contributed by atoms with Crippen molar-refractivity contribution in [3.8, 4) is 0 Å². The quantitative estimate of drug-likeness (QED) is 0.654. The summed E-state index contributed by atoms with van der Waals surface area (Å²) in [7, 11) is 0.